The first-order valence-corrected chi connectivity index (χ1v) is 10.5. The molecule has 1 aliphatic rings. The highest BCUT2D eigenvalue weighted by Gasteiger charge is 2.28. The average Bonchev–Trinajstić information content (AvgIpc) is 3.50. The van der Waals surface area contributed by atoms with Crippen LogP contribution in [-0.4, -0.2) is 39.5 Å². The van der Waals surface area contributed by atoms with E-state index < -0.39 is 12.0 Å². The number of carbonyl (C=O) groups is 2. The molecule has 8 heteroatoms. The summed E-state index contributed by atoms with van der Waals surface area (Å²) in [6, 6.07) is 23.5. The molecule has 0 bridgehead atoms. The number of cyclic esters (lactones) is 1. The molecule has 1 N–H and O–H groups in total. The van der Waals surface area contributed by atoms with E-state index in [4.69, 9.17) is 9.47 Å². The summed E-state index contributed by atoms with van der Waals surface area (Å²) in [4.78, 5) is 24.2. The lowest BCUT2D eigenvalue weighted by Crippen LogP contribution is -2.37. The molecular weight excluding hydrogens is 420 g/mol. The molecule has 8 nitrogen and oxygen atoms in total. The summed E-state index contributed by atoms with van der Waals surface area (Å²) in [5.74, 6) is 0.753. The van der Waals surface area contributed by atoms with Gasteiger partial charge in [0.15, 0.2) is 0 Å². The summed E-state index contributed by atoms with van der Waals surface area (Å²) < 4.78 is 12.3. The molecule has 0 saturated carbocycles. The fraction of sp³-hybridized carbons (Fsp3) is 0.120. The topological polar surface area (TPSA) is 95.3 Å². The normalized spacial score (nSPS) is 15.2. The number of nitrogens with one attached hydrogen (secondary N) is 1. The van der Waals surface area contributed by atoms with Crippen LogP contribution in [0.3, 0.4) is 0 Å². The zero-order valence-electron chi connectivity index (χ0n) is 17.5. The van der Waals surface area contributed by atoms with Crippen LogP contribution in [0.1, 0.15) is 16.8 Å². The molecule has 0 aliphatic carbocycles. The van der Waals surface area contributed by atoms with Gasteiger partial charge in [0.25, 0.3) is 5.91 Å². The molecule has 0 radical (unpaired) electrons. The second kappa shape index (κ2) is 8.96. The number of amides is 1. The van der Waals surface area contributed by atoms with E-state index in [1.54, 1.807) is 29.1 Å². The summed E-state index contributed by atoms with van der Waals surface area (Å²) in [5.41, 5.74) is 2.67. The molecule has 164 valence electrons. The van der Waals surface area contributed by atoms with E-state index in [-0.39, 0.29) is 5.91 Å². The van der Waals surface area contributed by atoms with Gasteiger partial charge in [0.05, 0.1) is 18.5 Å². The van der Waals surface area contributed by atoms with Crippen LogP contribution in [0.2, 0.25) is 0 Å². The molecule has 1 aromatic heterocycles. The first-order valence-electron chi connectivity index (χ1n) is 10.5. The first-order chi connectivity index (χ1) is 16.2. The SMILES string of the molecule is O=C(N[C@H]1CCOC1=O)c1cccc(-n2cc(-c3ccc(Oc4ccccc4)cc3)nn2)c1. The molecule has 3 aromatic carbocycles. The Hall–Kier alpha value is -4.46. The number of rotatable bonds is 6. The molecule has 33 heavy (non-hydrogen) atoms. The fourth-order valence-electron chi connectivity index (χ4n) is 3.50. The van der Waals surface area contributed by atoms with Crippen LogP contribution in [0.5, 0.6) is 11.5 Å². The van der Waals surface area contributed by atoms with E-state index in [1.165, 1.54) is 0 Å². The highest BCUT2D eigenvalue weighted by Crippen LogP contribution is 2.25. The fourth-order valence-corrected chi connectivity index (χ4v) is 3.50. The molecule has 4 aromatic rings. The van der Waals surface area contributed by atoms with Gasteiger partial charge in [0.2, 0.25) is 0 Å². The minimum Gasteiger partial charge on any atom is -0.464 e. The number of aromatic nitrogens is 3. The van der Waals surface area contributed by atoms with Gasteiger partial charge in [0, 0.05) is 17.5 Å². The maximum atomic E-state index is 12.5. The zero-order chi connectivity index (χ0) is 22.6. The van der Waals surface area contributed by atoms with Crippen LogP contribution in [0, 0.1) is 0 Å². The number of carbonyl (C=O) groups excluding carboxylic acids is 2. The second-order valence-electron chi connectivity index (χ2n) is 7.52. The Kier molecular flexibility index (Phi) is 5.55. The lowest BCUT2D eigenvalue weighted by Gasteiger charge is -2.09. The molecule has 0 unspecified atom stereocenters. The van der Waals surface area contributed by atoms with Crippen molar-refractivity contribution in [2.45, 2.75) is 12.5 Å². The quantitative estimate of drug-likeness (QED) is 0.459. The molecule has 1 amide bonds. The Labute approximate surface area is 189 Å². The average molecular weight is 440 g/mol. The van der Waals surface area contributed by atoms with Crippen molar-refractivity contribution < 1.29 is 19.1 Å². The second-order valence-corrected chi connectivity index (χ2v) is 7.52. The Morgan fingerprint density at radius 3 is 2.55 bits per heavy atom. The highest BCUT2D eigenvalue weighted by atomic mass is 16.5. The molecule has 0 spiro atoms. The molecule has 5 rings (SSSR count). The predicted molar refractivity (Wildman–Crippen MR) is 120 cm³/mol. The van der Waals surface area contributed by atoms with Crippen molar-refractivity contribution in [3.63, 3.8) is 0 Å². The third-order valence-electron chi connectivity index (χ3n) is 5.24. The van der Waals surface area contributed by atoms with E-state index in [1.807, 2.05) is 60.7 Å². The van der Waals surface area contributed by atoms with Gasteiger partial charge in [-0.1, -0.05) is 29.5 Å². The standard InChI is InChI=1S/C25H20N4O4/c30-24(26-22-13-14-32-25(22)31)18-5-4-6-19(15-18)29-16-23(27-28-29)17-9-11-21(12-10-17)33-20-7-2-1-3-8-20/h1-12,15-16,22H,13-14H2,(H,26,30)/t22-/m0/s1. The minimum atomic E-state index is -0.604. The smallest absolute Gasteiger partial charge is 0.328 e. The maximum Gasteiger partial charge on any atom is 0.328 e. The Balaban J connectivity index is 1.30. The van der Waals surface area contributed by atoms with Gasteiger partial charge in [0.1, 0.15) is 23.2 Å². The largest absolute Gasteiger partial charge is 0.464 e. The zero-order valence-corrected chi connectivity index (χ0v) is 17.5. The van der Waals surface area contributed by atoms with Gasteiger partial charge in [-0.3, -0.25) is 4.79 Å². The first kappa shape index (κ1) is 20.4. The van der Waals surface area contributed by atoms with Crippen LogP contribution in [0.4, 0.5) is 0 Å². The van der Waals surface area contributed by atoms with Crippen molar-refractivity contribution in [3.8, 4) is 28.4 Å². The monoisotopic (exact) mass is 440 g/mol. The Morgan fingerprint density at radius 1 is 1.00 bits per heavy atom. The minimum absolute atomic E-state index is 0.324. The Bertz CT molecular complexity index is 1290. The summed E-state index contributed by atoms with van der Waals surface area (Å²) in [5, 5.41) is 11.2. The van der Waals surface area contributed by atoms with E-state index in [9.17, 15) is 9.59 Å². The van der Waals surface area contributed by atoms with Crippen molar-refractivity contribution in [1.82, 2.24) is 20.3 Å². The number of hydrogen-bond donors (Lipinski definition) is 1. The summed E-state index contributed by atoms with van der Waals surface area (Å²) in [6.07, 6.45) is 2.27. The number of benzene rings is 3. The van der Waals surface area contributed by atoms with Crippen molar-refractivity contribution in [2.75, 3.05) is 6.61 Å². The maximum absolute atomic E-state index is 12.5. The Morgan fingerprint density at radius 2 is 1.79 bits per heavy atom. The van der Waals surface area contributed by atoms with E-state index in [2.05, 4.69) is 15.6 Å². The van der Waals surface area contributed by atoms with Crippen molar-refractivity contribution >= 4 is 11.9 Å². The lowest BCUT2D eigenvalue weighted by atomic mass is 10.1. The third-order valence-corrected chi connectivity index (χ3v) is 5.24. The molecule has 1 saturated heterocycles. The van der Waals surface area contributed by atoms with Crippen LogP contribution < -0.4 is 10.1 Å². The van der Waals surface area contributed by atoms with Crippen molar-refractivity contribution in [3.05, 3.63) is 90.6 Å². The number of para-hydroxylation sites is 1. The van der Waals surface area contributed by atoms with Crippen LogP contribution >= 0.6 is 0 Å². The number of nitrogens with zero attached hydrogens (tertiary/aromatic N) is 3. The van der Waals surface area contributed by atoms with Gasteiger partial charge >= 0.3 is 5.97 Å². The van der Waals surface area contributed by atoms with E-state index >= 15 is 0 Å². The molecular formula is C25H20N4O4. The van der Waals surface area contributed by atoms with Gasteiger partial charge < -0.3 is 14.8 Å². The van der Waals surface area contributed by atoms with Gasteiger partial charge in [-0.15, -0.1) is 5.10 Å². The lowest BCUT2D eigenvalue weighted by molar-refractivity contribution is -0.139. The third kappa shape index (κ3) is 4.59. The van der Waals surface area contributed by atoms with Crippen LogP contribution in [0.15, 0.2) is 85.1 Å². The van der Waals surface area contributed by atoms with Gasteiger partial charge in [-0.25, -0.2) is 9.48 Å². The summed E-state index contributed by atoms with van der Waals surface area (Å²) >= 11 is 0. The highest BCUT2D eigenvalue weighted by molar-refractivity contribution is 5.97. The van der Waals surface area contributed by atoms with Gasteiger partial charge in [-0.2, -0.15) is 0 Å². The van der Waals surface area contributed by atoms with E-state index in [0.29, 0.717) is 30.0 Å². The predicted octanol–water partition coefficient (Wildman–Crippen LogP) is 3.77. The van der Waals surface area contributed by atoms with Crippen LogP contribution in [-0.2, 0) is 9.53 Å². The molecule has 2 heterocycles. The molecule has 1 aliphatic heterocycles. The number of hydrogen-bond acceptors (Lipinski definition) is 6. The summed E-state index contributed by atoms with van der Waals surface area (Å²) in [7, 11) is 0. The van der Waals surface area contributed by atoms with E-state index in [0.717, 1.165) is 17.1 Å². The number of ether oxygens (including phenoxy) is 2. The summed E-state index contributed by atoms with van der Waals surface area (Å²) in [6.45, 7) is 0.324. The van der Waals surface area contributed by atoms with Crippen LogP contribution in [0.25, 0.3) is 16.9 Å². The number of esters is 1. The molecule has 1 fully saturated rings. The van der Waals surface area contributed by atoms with Crippen molar-refractivity contribution in [1.29, 1.82) is 0 Å². The van der Waals surface area contributed by atoms with Crippen molar-refractivity contribution in [2.24, 2.45) is 0 Å². The molecule has 1 atom stereocenters. The van der Waals surface area contributed by atoms with Gasteiger partial charge in [-0.05, 0) is 54.6 Å².